The molecular formula is C26H34F2N4O. The zero-order valence-corrected chi connectivity index (χ0v) is 19.6. The molecule has 2 aromatic carbocycles. The van der Waals surface area contributed by atoms with Gasteiger partial charge >= 0.3 is 0 Å². The predicted molar refractivity (Wildman–Crippen MR) is 126 cm³/mol. The van der Waals surface area contributed by atoms with E-state index in [1.807, 2.05) is 11.8 Å². The molecule has 2 aliphatic rings. The quantitative estimate of drug-likeness (QED) is 0.668. The van der Waals surface area contributed by atoms with Crippen molar-refractivity contribution < 1.29 is 13.6 Å². The van der Waals surface area contributed by atoms with Crippen LogP contribution in [0.3, 0.4) is 0 Å². The van der Waals surface area contributed by atoms with Crippen LogP contribution in [-0.4, -0.2) is 90.5 Å². The molecule has 4 rings (SSSR count). The van der Waals surface area contributed by atoms with Gasteiger partial charge in [-0.3, -0.25) is 14.6 Å². The maximum Gasteiger partial charge on any atom is 0.239 e. The third-order valence-corrected chi connectivity index (χ3v) is 7.12. The summed E-state index contributed by atoms with van der Waals surface area (Å²) in [7, 11) is 0. The van der Waals surface area contributed by atoms with Gasteiger partial charge in [-0.15, -0.1) is 0 Å². The number of likely N-dealkylation sites (N-methyl/N-ethyl adjacent to an activating group) is 1. The van der Waals surface area contributed by atoms with Crippen molar-refractivity contribution in [3.8, 4) is 0 Å². The van der Waals surface area contributed by atoms with E-state index < -0.39 is 0 Å². The zero-order valence-electron chi connectivity index (χ0n) is 19.6. The Bertz CT molecular complexity index is 859. The lowest BCUT2D eigenvalue weighted by molar-refractivity contribution is -0.139. The lowest BCUT2D eigenvalue weighted by Crippen LogP contribution is -2.57. The van der Waals surface area contributed by atoms with Gasteiger partial charge < -0.3 is 9.80 Å². The molecular weight excluding hydrogens is 422 g/mol. The SMILES string of the molecule is CCN1CCN(C(=O)[C@H](C)N2CCN(C(c3ccc(F)cc3)c3ccc(F)cc3)CC2)CC1. The van der Waals surface area contributed by atoms with Gasteiger partial charge in [0.05, 0.1) is 12.1 Å². The van der Waals surface area contributed by atoms with E-state index in [0.717, 1.165) is 70.0 Å². The molecule has 0 aromatic heterocycles. The first-order chi connectivity index (χ1) is 16.0. The fourth-order valence-corrected chi connectivity index (χ4v) is 4.99. The molecule has 0 saturated carbocycles. The Labute approximate surface area is 195 Å². The Kier molecular flexibility index (Phi) is 7.73. The summed E-state index contributed by atoms with van der Waals surface area (Å²) < 4.78 is 27.1. The Morgan fingerprint density at radius 2 is 1.21 bits per heavy atom. The summed E-state index contributed by atoms with van der Waals surface area (Å²) in [6.07, 6.45) is 0. The van der Waals surface area contributed by atoms with Gasteiger partial charge in [0, 0.05) is 52.4 Å². The second kappa shape index (κ2) is 10.7. The molecule has 2 heterocycles. The van der Waals surface area contributed by atoms with Crippen LogP contribution in [0.25, 0.3) is 0 Å². The molecule has 2 fully saturated rings. The Hall–Kier alpha value is -2.35. The summed E-state index contributed by atoms with van der Waals surface area (Å²) in [5.74, 6) is -0.324. The average molecular weight is 457 g/mol. The van der Waals surface area contributed by atoms with E-state index in [-0.39, 0.29) is 29.6 Å². The van der Waals surface area contributed by atoms with Gasteiger partial charge in [0.2, 0.25) is 5.91 Å². The van der Waals surface area contributed by atoms with Crippen LogP contribution in [0.1, 0.15) is 31.0 Å². The lowest BCUT2D eigenvalue weighted by atomic mass is 9.96. The minimum absolute atomic E-state index is 0.0820. The number of nitrogens with zero attached hydrogens (tertiary/aromatic N) is 4. The number of amides is 1. The van der Waals surface area contributed by atoms with Crippen molar-refractivity contribution in [3.05, 3.63) is 71.3 Å². The molecule has 2 aliphatic heterocycles. The van der Waals surface area contributed by atoms with Crippen molar-refractivity contribution in [2.45, 2.75) is 25.9 Å². The van der Waals surface area contributed by atoms with Gasteiger partial charge in [0.15, 0.2) is 0 Å². The maximum absolute atomic E-state index is 13.6. The summed E-state index contributed by atoms with van der Waals surface area (Å²) in [4.78, 5) is 22.1. The standard InChI is InChI=1S/C26H34F2N4O/c1-3-29-12-14-32(15-13-29)26(33)20(2)30-16-18-31(19-17-30)25(21-4-8-23(27)9-5-21)22-6-10-24(28)11-7-22/h4-11,20,25H,3,12-19H2,1-2H3/t20-/m0/s1. The molecule has 178 valence electrons. The van der Waals surface area contributed by atoms with Crippen LogP contribution in [-0.2, 0) is 4.79 Å². The van der Waals surface area contributed by atoms with Gasteiger partial charge in [-0.2, -0.15) is 0 Å². The zero-order chi connectivity index (χ0) is 23.4. The second-order valence-electron chi connectivity index (χ2n) is 9.01. The number of hydrogen-bond donors (Lipinski definition) is 0. The number of carbonyl (C=O) groups excluding carboxylic acids is 1. The number of rotatable bonds is 6. The number of hydrogen-bond acceptors (Lipinski definition) is 4. The summed E-state index contributed by atoms with van der Waals surface area (Å²) in [6.45, 7) is 11.8. The normalized spacial score (nSPS) is 19.7. The summed E-state index contributed by atoms with van der Waals surface area (Å²) in [6, 6.07) is 12.9. The molecule has 0 radical (unpaired) electrons. The number of carbonyl (C=O) groups is 1. The van der Waals surface area contributed by atoms with Crippen molar-refractivity contribution >= 4 is 5.91 Å². The molecule has 1 atom stereocenters. The summed E-state index contributed by atoms with van der Waals surface area (Å²) >= 11 is 0. The smallest absolute Gasteiger partial charge is 0.239 e. The predicted octanol–water partition coefficient (Wildman–Crippen LogP) is 3.22. The topological polar surface area (TPSA) is 30.0 Å². The van der Waals surface area contributed by atoms with Crippen LogP contribution in [0.15, 0.2) is 48.5 Å². The van der Waals surface area contributed by atoms with Crippen LogP contribution in [0.5, 0.6) is 0 Å². The number of piperazine rings is 2. The number of benzene rings is 2. The molecule has 1 amide bonds. The fraction of sp³-hybridized carbons (Fsp3) is 0.500. The molecule has 0 unspecified atom stereocenters. The van der Waals surface area contributed by atoms with E-state index in [4.69, 9.17) is 0 Å². The van der Waals surface area contributed by atoms with Crippen molar-refractivity contribution in [2.75, 3.05) is 58.9 Å². The molecule has 5 nitrogen and oxygen atoms in total. The Morgan fingerprint density at radius 1 is 0.758 bits per heavy atom. The van der Waals surface area contributed by atoms with E-state index in [1.54, 1.807) is 24.3 Å². The van der Waals surface area contributed by atoms with Crippen molar-refractivity contribution in [1.29, 1.82) is 0 Å². The van der Waals surface area contributed by atoms with Crippen LogP contribution in [0, 0.1) is 11.6 Å². The van der Waals surface area contributed by atoms with Gasteiger partial charge in [-0.25, -0.2) is 8.78 Å². The first-order valence-corrected chi connectivity index (χ1v) is 12.0. The highest BCUT2D eigenvalue weighted by Gasteiger charge is 2.32. The van der Waals surface area contributed by atoms with E-state index in [0.29, 0.717) is 0 Å². The molecule has 0 spiro atoms. The van der Waals surface area contributed by atoms with Crippen molar-refractivity contribution in [1.82, 2.24) is 19.6 Å². The fourth-order valence-electron chi connectivity index (χ4n) is 4.99. The monoisotopic (exact) mass is 456 g/mol. The second-order valence-corrected chi connectivity index (χ2v) is 9.01. The van der Waals surface area contributed by atoms with Gasteiger partial charge in [0.1, 0.15) is 11.6 Å². The molecule has 0 bridgehead atoms. The minimum atomic E-state index is -0.270. The van der Waals surface area contributed by atoms with E-state index in [2.05, 4.69) is 21.6 Å². The van der Waals surface area contributed by atoms with Crippen LogP contribution in [0.4, 0.5) is 8.78 Å². The first-order valence-electron chi connectivity index (χ1n) is 12.0. The largest absolute Gasteiger partial charge is 0.339 e. The summed E-state index contributed by atoms with van der Waals surface area (Å²) in [5, 5.41) is 0. The van der Waals surface area contributed by atoms with E-state index >= 15 is 0 Å². The lowest BCUT2D eigenvalue weighted by Gasteiger charge is -2.43. The van der Waals surface area contributed by atoms with Crippen molar-refractivity contribution in [3.63, 3.8) is 0 Å². The molecule has 2 saturated heterocycles. The van der Waals surface area contributed by atoms with Gasteiger partial charge in [-0.1, -0.05) is 31.2 Å². The number of halogens is 2. The van der Waals surface area contributed by atoms with Gasteiger partial charge in [0.25, 0.3) is 0 Å². The maximum atomic E-state index is 13.6. The van der Waals surface area contributed by atoms with Gasteiger partial charge in [-0.05, 0) is 48.9 Å². The molecule has 0 N–H and O–H groups in total. The summed E-state index contributed by atoms with van der Waals surface area (Å²) in [5.41, 5.74) is 1.96. The van der Waals surface area contributed by atoms with E-state index in [1.165, 1.54) is 24.3 Å². The van der Waals surface area contributed by atoms with Crippen LogP contribution in [0.2, 0.25) is 0 Å². The van der Waals surface area contributed by atoms with Crippen LogP contribution >= 0.6 is 0 Å². The Balaban J connectivity index is 1.42. The van der Waals surface area contributed by atoms with Crippen LogP contribution < -0.4 is 0 Å². The minimum Gasteiger partial charge on any atom is -0.339 e. The Morgan fingerprint density at radius 3 is 1.67 bits per heavy atom. The third-order valence-electron chi connectivity index (χ3n) is 7.12. The highest BCUT2D eigenvalue weighted by atomic mass is 19.1. The van der Waals surface area contributed by atoms with Crippen molar-refractivity contribution in [2.24, 2.45) is 0 Å². The molecule has 7 heteroatoms. The molecule has 33 heavy (non-hydrogen) atoms. The average Bonchev–Trinajstić information content (AvgIpc) is 2.86. The highest BCUT2D eigenvalue weighted by molar-refractivity contribution is 5.81. The third kappa shape index (κ3) is 5.60. The first kappa shape index (κ1) is 23.8. The molecule has 0 aliphatic carbocycles. The highest BCUT2D eigenvalue weighted by Crippen LogP contribution is 2.30. The van der Waals surface area contributed by atoms with E-state index in [9.17, 15) is 13.6 Å². The molecule has 2 aromatic rings.